The normalized spacial score (nSPS) is 15.7. The molecule has 0 radical (unpaired) electrons. The number of thiazole rings is 1. The zero-order chi connectivity index (χ0) is 24.6. The Balaban J connectivity index is 1.91. The molecule has 1 aliphatic heterocycles. The molecule has 1 aliphatic rings. The van der Waals surface area contributed by atoms with E-state index in [-0.39, 0.29) is 17.7 Å². The van der Waals surface area contributed by atoms with Gasteiger partial charge in [-0.05, 0) is 71.2 Å². The smallest absolute Gasteiger partial charge is 0.338 e. The Kier molecular flexibility index (Phi) is 6.86. The quantitative estimate of drug-likeness (QED) is 0.459. The highest BCUT2D eigenvalue weighted by Crippen LogP contribution is 2.31. The van der Waals surface area contributed by atoms with E-state index in [2.05, 4.69) is 20.9 Å². The van der Waals surface area contributed by atoms with Crippen molar-refractivity contribution in [3.8, 4) is 0 Å². The second kappa shape index (κ2) is 9.68. The van der Waals surface area contributed by atoms with E-state index in [1.807, 2.05) is 37.2 Å². The second-order valence-electron chi connectivity index (χ2n) is 7.96. The maximum Gasteiger partial charge on any atom is 0.338 e. The van der Waals surface area contributed by atoms with E-state index in [0.717, 1.165) is 15.7 Å². The van der Waals surface area contributed by atoms with Crippen molar-refractivity contribution < 1.29 is 13.9 Å². The van der Waals surface area contributed by atoms with Crippen molar-refractivity contribution >= 4 is 45.0 Å². The van der Waals surface area contributed by atoms with Crippen LogP contribution in [-0.4, -0.2) is 31.2 Å². The highest BCUT2D eigenvalue weighted by atomic mass is 79.9. The van der Waals surface area contributed by atoms with E-state index in [4.69, 9.17) is 4.74 Å². The van der Waals surface area contributed by atoms with Crippen LogP contribution in [0.25, 0.3) is 6.08 Å². The van der Waals surface area contributed by atoms with Crippen LogP contribution in [0, 0.1) is 5.82 Å². The average Bonchev–Trinajstić information content (AvgIpc) is 3.08. The van der Waals surface area contributed by atoms with Gasteiger partial charge in [0.15, 0.2) is 4.80 Å². The molecule has 0 saturated heterocycles. The third-order valence-corrected chi connectivity index (χ3v) is 7.07. The van der Waals surface area contributed by atoms with Gasteiger partial charge in [-0.3, -0.25) is 9.36 Å². The zero-order valence-corrected chi connectivity index (χ0v) is 21.5. The van der Waals surface area contributed by atoms with Gasteiger partial charge in [0.2, 0.25) is 0 Å². The molecule has 2 heterocycles. The van der Waals surface area contributed by atoms with Crippen LogP contribution in [0.4, 0.5) is 10.1 Å². The number of carbonyl (C=O) groups excluding carboxylic acids is 1. The molecule has 6 nitrogen and oxygen atoms in total. The summed E-state index contributed by atoms with van der Waals surface area (Å²) < 4.78 is 21.8. The van der Waals surface area contributed by atoms with Gasteiger partial charge in [0.05, 0.1) is 34.1 Å². The molecule has 0 amide bonds. The Labute approximate surface area is 208 Å². The van der Waals surface area contributed by atoms with Crippen LogP contribution < -0.4 is 19.8 Å². The van der Waals surface area contributed by atoms with Crippen molar-refractivity contribution in [2.45, 2.75) is 19.9 Å². The number of esters is 1. The van der Waals surface area contributed by atoms with Crippen molar-refractivity contribution in [3.63, 3.8) is 0 Å². The van der Waals surface area contributed by atoms with Crippen molar-refractivity contribution in [1.29, 1.82) is 0 Å². The number of hydrogen-bond donors (Lipinski definition) is 0. The molecule has 0 N–H and O–H groups in total. The molecule has 2 aromatic carbocycles. The van der Waals surface area contributed by atoms with Gasteiger partial charge < -0.3 is 9.64 Å². The molecule has 3 aromatic rings. The maximum absolute atomic E-state index is 13.6. The molecule has 0 unspecified atom stereocenters. The van der Waals surface area contributed by atoms with Gasteiger partial charge in [-0.2, -0.15) is 0 Å². The van der Waals surface area contributed by atoms with Crippen molar-refractivity contribution in [1.82, 2.24) is 4.57 Å². The number of fused-ring (bicyclic) bond motifs is 1. The van der Waals surface area contributed by atoms with Gasteiger partial charge in [0, 0.05) is 18.6 Å². The number of ether oxygens (including phenoxy) is 1. The van der Waals surface area contributed by atoms with Gasteiger partial charge >= 0.3 is 5.97 Å². The van der Waals surface area contributed by atoms with Gasteiger partial charge in [0.25, 0.3) is 5.56 Å². The van der Waals surface area contributed by atoms with Gasteiger partial charge in [-0.1, -0.05) is 29.5 Å². The number of hydrogen-bond acceptors (Lipinski definition) is 6. The third kappa shape index (κ3) is 4.50. The van der Waals surface area contributed by atoms with Crippen molar-refractivity contribution in [2.24, 2.45) is 4.99 Å². The minimum absolute atomic E-state index is 0.188. The largest absolute Gasteiger partial charge is 0.463 e. The van der Waals surface area contributed by atoms with E-state index in [0.29, 0.717) is 20.6 Å². The highest BCUT2D eigenvalue weighted by molar-refractivity contribution is 9.10. The molecule has 0 saturated carbocycles. The number of benzene rings is 2. The number of halogens is 2. The van der Waals surface area contributed by atoms with E-state index in [1.54, 1.807) is 32.1 Å². The minimum Gasteiger partial charge on any atom is -0.463 e. The summed E-state index contributed by atoms with van der Waals surface area (Å²) in [7, 11) is 3.91. The van der Waals surface area contributed by atoms with Crippen LogP contribution in [0.15, 0.2) is 68.0 Å². The summed E-state index contributed by atoms with van der Waals surface area (Å²) in [5.74, 6) is -0.947. The Morgan fingerprint density at radius 3 is 2.59 bits per heavy atom. The number of carbonyl (C=O) groups is 1. The van der Waals surface area contributed by atoms with Crippen LogP contribution in [0.5, 0.6) is 0 Å². The SMILES string of the molecule is CCOC(=O)C1=C(C)N=c2s/c(=C\c3ccc(N(C)C)c(Br)c3)c(=O)n2[C@@H]1c1ccc(F)cc1. The maximum atomic E-state index is 13.6. The summed E-state index contributed by atoms with van der Waals surface area (Å²) in [6, 6.07) is 10.9. The summed E-state index contributed by atoms with van der Waals surface area (Å²) in [4.78, 5) is 33.4. The molecule has 0 bridgehead atoms. The lowest BCUT2D eigenvalue weighted by Crippen LogP contribution is -2.39. The first kappa shape index (κ1) is 24.1. The first-order chi connectivity index (χ1) is 16.2. The molecule has 176 valence electrons. The van der Waals surface area contributed by atoms with E-state index >= 15 is 0 Å². The standard InChI is InChI=1S/C25H23BrFN3O3S/c1-5-33-24(32)21-14(2)28-25-30(22(21)16-7-9-17(27)10-8-16)23(31)20(34-25)13-15-6-11-19(29(3)4)18(26)12-15/h6-13,22H,5H2,1-4H3/b20-13-/t22-/m1/s1. The number of allylic oxidation sites excluding steroid dienone is 1. The zero-order valence-electron chi connectivity index (χ0n) is 19.1. The summed E-state index contributed by atoms with van der Waals surface area (Å²) in [6.07, 6.45) is 1.80. The first-order valence-corrected chi connectivity index (χ1v) is 12.2. The minimum atomic E-state index is -0.763. The summed E-state index contributed by atoms with van der Waals surface area (Å²) >= 11 is 4.83. The van der Waals surface area contributed by atoms with E-state index in [9.17, 15) is 14.0 Å². The lowest BCUT2D eigenvalue weighted by Gasteiger charge is -2.24. The lowest BCUT2D eigenvalue weighted by atomic mass is 9.96. The average molecular weight is 544 g/mol. The molecule has 4 rings (SSSR count). The number of nitrogens with zero attached hydrogens (tertiary/aromatic N) is 3. The van der Waals surface area contributed by atoms with Gasteiger partial charge in [0.1, 0.15) is 5.82 Å². The second-order valence-corrected chi connectivity index (χ2v) is 9.82. The summed E-state index contributed by atoms with van der Waals surface area (Å²) in [5.41, 5.74) is 2.93. The summed E-state index contributed by atoms with van der Waals surface area (Å²) in [5, 5.41) is 0. The number of rotatable bonds is 5. The van der Waals surface area contributed by atoms with Crippen molar-refractivity contribution in [3.05, 3.63) is 94.8 Å². The molecule has 9 heteroatoms. The molecule has 1 atom stereocenters. The third-order valence-electron chi connectivity index (χ3n) is 5.45. The van der Waals surface area contributed by atoms with Crippen LogP contribution in [0.1, 0.15) is 31.0 Å². The predicted molar refractivity (Wildman–Crippen MR) is 135 cm³/mol. The van der Waals surface area contributed by atoms with Crippen molar-refractivity contribution in [2.75, 3.05) is 25.6 Å². The Hall–Kier alpha value is -3.04. The van der Waals surface area contributed by atoms with Crippen LogP contribution in [0.2, 0.25) is 0 Å². The first-order valence-electron chi connectivity index (χ1n) is 10.6. The topological polar surface area (TPSA) is 63.9 Å². The van der Waals surface area contributed by atoms with Crippen LogP contribution in [-0.2, 0) is 9.53 Å². The molecule has 0 spiro atoms. The number of aromatic nitrogens is 1. The highest BCUT2D eigenvalue weighted by Gasteiger charge is 2.33. The molecule has 34 heavy (non-hydrogen) atoms. The fraction of sp³-hybridized carbons (Fsp3) is 0.240. The Bertz CT molecular complexity index is 1470. The van der Waals surface area contributed by atoms with E-state index in [1.165, 1.54) is 28.0 Å². The Morgan fingerprint density at radius 1 is 1.26 bits per heavy atom. The molecule has 1 aromatic heterocycles. The predicted octanol–water partition coefficient (Wildman–Crippen LogP) is 3.77. The fourth-order valence-corrected chi connectivity index (χ4v) is 5.68. The summed E-state index contributed by atoms with van der Waals surface area (Å²) in [6.45, 7) is 3.63. The number of anilines is 1. The molecular weight excluding hydrogens is 521 g/mol. The van der Waals surface area contributed by atoms with E-state index < -0.39 is 17.8 Å². The Morgan fingerprint density at radius 2 is 1.97 bits per heavy atom. The molecule has 0 fully saturated rings. The van der Waals surface area contributed by atoms with Gasteiger partial charge in [-0.15, -0.1) is 0 Å². The molecular formula is C25H23BrFN3O3S. The lowest BCUT2D eigenvalue weighted by molar-refractivity contribution is -0.139. The monoisotopic (exact) mass is 543 g/mol. The van der Waals surface area contributed by atoms with Crippen LogP contribution >= 0.6 is 27.3 Å². The molecule has 0 aliphatic carbocycles. The fourth-order valence-electron chi connectivity index (χ4n) is 3.88. The van der Waals surface area contributed by atoms with Crippen LogP contribution in [0.3, 0.4) is 0 Å². The van der Waals surface area contributed by atoms with Gasteiger partial charge in [-0.25, -0.2) is 14.2 Å².